The highest BCUT2D eigenvalue weighted by molar-refractivity contribution is 7.11. The molecule has 2 aromatic rings. The minimum atomic E-state index is -0.556. The third kappa shape index (κ3) is 3.41. The number of aryl methyl sites for hydroxylation is 1. The fourth-order valence-electron chi connectivity index (χ4n) is 2.08. The van der Waals surface area contributed by atoms with Crippen LogP contribution in [0.3, 0.4) is 0 Å². The first kappa shape index (κ1) is 15.1. The Labute approximate surface area is 121 Å². The molecule has 0 aliphatic heterocycles. The number of thiazole rings is 1. The van der Waals surface area contributed by atoms with Crippen LogP contribution in [0.15, 0.2) is 24.4 Å². The number of benzene rings is 1. The lowest BCUT2D eigenvalue weighted by molar-refractivity contribution is 0.469. The SMILES string of the molecule is CCc1cnc(C(C)NC(C)c2ccc(F)cc2F)s1. The average molecular weight is 296 g/mol. The summed E-state index contributed by atoms with van der Waals surface area (Å²) < 4.78 is 26.6. The highest BCUT2D eigenvalue weighted by Crippen LogP contribution is 2.25. The van der Waals surface area contributed by atoms with Crippen molar-refractivity contribution >= 4 is 11.3 Å². The van der Waals surface area contributed by atoms with Crippen molar-refractivity contribution in [3.63, 3.8) is 0 Å². The quantitative estimate of drug-likeness (QED) is 0.885. The van der Waals surface area contributed by atoms with E-state index in [2.05, 4.69) is 17.2 Å². The van der Waals surface area contributed by atoms with Gasteiger partial charge in [0.2, 0.25) is 0 Å². The molecule has 1 heterocycles. The highest BCUT2D eigenvalue weighted by Gasteiger charge is 2.16. The molecule has 0 fully saturated rings. The maximum atomic E-state index is 13.7. The smallest absolute Gasteiger partial charge is 0.130 e. The highest BCUT2D eigenvalue weighted by atomic mass is 32.1. The molecular weight excluding hydrogens is 278 g/mol. The zero-order valence-electron chi connectivity index (χ0n) is 11.8. The number of nitrogens with zero attached hydrogens (tertiary/aromatic N) is 1. The van der Waals surface area contributed by atoms with Crippen LogP contribution in [0.5, 0.6) is 0 Å². The van der Waals surface area contributed by atoms with Crippen molar-refractivity contribution in [2.75, 3.05) is 0 Å². The molecule has 2 atom stereocenters. The Bertz CT molecular complexity index is 583. The second-order valence-corrected chi connectivity index (χ2v) is 5.94. The molecule has 0 aliphatic carbocycles. The molecule has 0 bridgehead atoms. The predicted octanol–water partition coefficient (Wildman–Crippen LogP) is 4.40. The standard InChI is InChI=1S/C15H18F2N2S/c1-4-12-8-18-15(20-12)10(3)19-9(2)13-6-5-11(16)7-14(13)17/h5-10,19H,4H2,1-3H3. The van der Waals surface area contributed by atoms with E-state index in [4.69, 9.17) is 0 Å². The zero-order valence-corrected chi connectivity index (χ0v) is 12.6. The van der Waals surface area contributed by atoms with Crippen LogP contribution in [0.1, 0.15) is 48.3 Å². The van der Waals surface area contributed by atoms with Crippen molar-refractivity contribution in [3.05, 3.63) is 51.5 Å². The summed E-state index contributed by atoms with van der Waals surface area (Å²) in [5.41, 5.74) is 0.463. The van der Waals surface area contributed by atoms with Crippen LogP contribution in [-0.4, -0.2) is 4.98 Å². The number of nitrogens with one attached hydrogen (secondary N) is 1. The fraction of sp³-hybridized carbons (Fsp3) is 0.400. The average Bonchev–Trinajstić information content (AvgIpc) is 2.87. The largest absolute Gasteiger partial charge is 0.301 e. The Morgan fingerprint density at radius 3 is 2.60 bits per heavy atom. The van der Waals surface area contributed by atoms with Gasteiger partial charge in [0.15, 0.2) is 0 Å². The van der Waals surface area contributed by atoms with E-state index < -0.39 is 11.6 Å². The number of halogens is 2. The first-order chi connectivity index (χ1) is 9.51. The molecule has 1 aromatic carbocycles. The van der Waals surface area contributed by atoms with Crippen LogP contribution in [0.2, 0.25) is 0 Å². The van der Waals surface area contributed by atoms with Crippen molar-refractivity contribution in [3.8, 4) is 0 Å². The zero-order chi connectivity index (χ0) is 14.7. The summed E-state index contributed by atoms with van der Waals surface area (Å²) in [4.78, 5) is 5.60. The van der Waals surface area contributed by atoms with E-state index in [1.54, 1.807) is 11.3 Å². The summed E-state index contributed by atoms with van der Waals surface area (Å²) in [6, 6.07) is 3.49. The molecule has 0 radical (unpaired) electrons. The minimum absolute atomic E-state index is 0.0275. The van der Waals surface area contributed by atoms with Crippen molar-refractivity contribution < 1.29 is 8.78 Å². The third-order valence-electron chi connectivity index (χ3n) is 3.22. The van der Waals surface area contributed by atoms with E-state index in [9.17, 15) is 8.78 Å². The molecule has 0 saturated heterocycles. The van der Waals surface area contributed by atoms with Gasteiger partial charge in [-0.3, -0.25) is 0 Å². The van der Waals surface area contributed by atoms with Gasteiger partial charge in [-0.25, -0.2) is 13.8 Å². The van der Waals surface area contributed by atoms with E-state index in [1.165, 1.54) is 17.0 Å². The van der Waals surface area contributed by atoms with E-state index in [1.807, 2.05) is 20.0 Å². The molecule has 0 aliphatic rings. The first-order valence-electron chi connectivity index (χ1n) is 6.66. The Morgan fingerprint density at radius 1 is 1.25 bits per heavy atom. The molecule has 1 aromatic heterocycles. The van der Waals surface area contributed by atoms with Gasteiger partial charge in [0.25, 0.3) is 0 Å². The number of hydrogen-bond acceptors (Lipinski definition) is 3. The van der Waals surface area contributed by atoms with Crippen LogP contribution < -0.4 is 5.32 Å². The van der Waals surface area contributed by atoms with E-state index in [-0.39, 0.29) is 12.1 Å². The molecule has 2 nitrogen and oxygen atoms in total. The molecule has 0 spiro atoms. The maximum Gasteiger partial charge on any atom is 0.130 e. The van der Waals surface area contributed by atoms with Crippen LogP contribution in [0.25, 0.3) is 0 Å². The predicted molar refractivity (Wildman–Crippen MR) is 77.8 cm³/mol. The Hall–Kier alpha value is -1.33. The van der Waals surface area contributed by atoms with Gasteiger partial charge in [-0.2, -0.15) is 0 Å². The minimum Gasteiger partial charge on any atom is -0.301 e. The van der Waals surface area contributed by atoms with Gasteiger partial charge in [0.1, 0.15) is 16.6 Å². The molecule has 1 N–H and O–H groups in total. The molecular formula is C15H18F2N2S. The monoisotopic (exact) mass is 296 g/mol. The summed E-state index contributed by atoms with van der Waals surface area (Å²) in [6.45, 7) is 5.95. The number of aromatic nitrogens is 1. The third-order valence-corrected chi connectivity index (χ3v) is 4.54. The van der Waals surface area contributed by atoms with Gasteiger partial charge in [0, 0.05) is 28.7 Å². The number of rotatable bonds is 5. The second-order valence-electron chi connectivity index (χ2n) is 4.79. The van der Waals surface area contributed by atoms with Crippen LogP contribution in [0.4, 0.5) is 8.78 Å². The maximum absolute atomic E-state index is 13.7. The summed E-state index contributed by atoms with van der Waals surface area (Å²) in [6.07, 6.45) is 2.84. The van der Waals surface area contributed by atoms with E-state index in [0.717, 1.165) is 17.5 Å². The Morgan fingerprint density at radius 2 is 2.00 bits per heavy atom. The van der Waals surface area contributed by atoms with Gasteiger partial charge >= 0.3 is 0 Å². The number of hydrogen-bond donors (Lipinski definition) is 1. The van der Waals surface area contributed by atoms with Crippen LogP contribution in [-0.2, 0) is 6.42 Å². The lowest BCUT2D eigenvalue weighted by atomic mass is 10.1. The summed E-state index contributed by atoms with van der Waals surface area (Å²) in [5.74, 6) is -1.08. The van der Waals surface area contributed by atoms with Gasteiger partial charge in [-0.05, 0) is 26.3 Å². The van der Waals surface area contributed by atoms with Crippen molar-refractivity contribution in [2.45, 2.75) is 39.3 Å². The fourth-order valence-corrected chi connectivity index (χ4v) is 2.94. The molecule has 0 amide bonds. The van der Waals surface area contributed by atoms with E-state index in [0.29, 0.717) is 5.56 Å². The second kappa shape index (κ2) is 6.41. The summed E-state index contributed by atoms with van der Waals surface area (Å²) >= 11 is 1.66. The van der Waals surface area contributed by atoms with Crippen molar-refractivity contribution in [2.24, 2.45) is 0 Å². The van der Waals surface area contributed by atoms with Gasteiger partial charge in [-0.1, -0.05) is 13.0 Å². The Kier molecular flexibility index (Phi) is 4.83. The lowest BCUT2D eigenvalue weighted by Gasteiger charge is -2.19. The van der Waals surface area contributed by atoms with Gasteiger partial charge in [0.05, 0.1) is 6.04 Å². The summed E-state index contributed by atoms with van der Waals surface area (Å²) in [7, 11) is 0. The van der Waals surface area contributed by atoms with Gasteiger partial charge in [-0.15, -0.1) is 11.3 Å². The molecule has 2 rings (SSSR count). The van der Waals surface area contributed by atoms with Crippen LogP contribution >= 0.6 is 11.3 Å². The van der Waals surface area contributed by atoms with Crippen molar-refractivity contribution in [1.82, 2.24) is 10.3 Å². The first-order valence-corrected chi connectivity index (χ1v) is 7.48. The summed E-state index contributed by atoms with van der Waals surface area (Å²) in [5, 5.41) is 4.28. The van der Waals surface area contributed by atoms with Crippen molar-refractivity contribution in [1.29, 1.82) is 0 Å². The topological polar surface area (TPSA) is 24.9 Å². The molecule has 2 unspecified atom stereocenters. The van der Waals surface area contributed by atoms with Crippen LogP contribution in [0, 0.1) is 11.6 Å². The molecule has 5 heteroatoms. The molecule has 0 saturated carbocycles. The Balaban J connectivity index is 2.08. The van der Waals surface area contributed by atoms with E-state index >= 15 is 0 Å². The molecule has 20 heavy (non-hydrogen) atoms. The lowest BCUT2D eigenvalue weighted by Crippen LogP contribution is -2.23. The van der Waals surface area contributed by atoms with Gasteiger partial charge < -0.3 is 5.32 Å². The normalized spacial score (nSPS) is 14.2. The molecule has 108 valence electrons.